The van der Waals surface area contributed by atoms with E-state index in [4.69, 9.17) is 4.74 Å². The van der Waals surface area contributed by atoms with Crippen molar-refractivity contribution < 1.29 is 27.5 Å². The fraction of sp³-hybridized carbons (Fsp3) is 0.417. The number of nitrogens with one attached hydrogen (secondary N) is 3. The molecule has 0 atom stereocenters. The van der Waals surface area contributed by atoms with Crippen molar-refractivity contribution >= 4 is 29.0 Å². The maximum absolute atomic E-state index is 12.9. The third-order valence-electron chi connectivity index (χ3n) is 5.48. The zero-order valence-electron chi connectivity index (χ0n) is 19.0. The summed E-state index contributed by atoms with van der Waals surface area (Å²) in [5.74, 6) is -0.247. The number of amides is 3. The van der Waals surface area contributed by atoms with Crippen LogP contribution in [0.4, 0.5) is 35.0 Å². The number of alkyl halides is 3. The van der Waals surface area contributed by atoms with Crippen molar-refractivity contribution in [3.8, 4) is 0 Å². The van der Waals surface area contributed by atoms with Gasteiger partial charge in [-0.25, -0.2) is 4.79 Å². The van der Waals surface area contributed by atoms with Crippen LogP contribution in [0.25, 0.3) is 0 Å². The average molecular weight is 479 g/mol. The quantitative estimate of drug-likeness (QED) is 0.461. The highest BCUT2D eigenvalue weighted by molar-refractivity contribution is 6.04. The number of methoxy groups -OCH3 is 1. The molecule has 0 spiro atoms. The van der Waals surface area contributed by atoms with E-state index in [1.165, 1.54) is 12.1 Å². The van der Waals surface area contributed by atoms with Crippen LogP contribution in [-0.2, 0) is 10.9 Å². The highest BCUT2D eigenvalue weighted by Crippen LogP contribution is 2.30. The number of rotatable bonds is 8. The lowest BCUT2D eigenvalue weighted by Crippen LogP contribution is -2.33. The van der Waals surface area contributed by atoms with Gasteiger partial charge in [0.2, 0.25) is 0 Å². The molecule has 34 heavy (non-hydrogen) atoms. The van der Waals surface area contributed by atoms with Gasteiger partial charge in [-0.1, -0.05) is 0 Å². The summed E-state index contributed by atoms with van der Waals surface area (Å²) in [5.41, 5.74) is 1.07. The molecular formula is C24H29F3N4O3. The van der Waals surface area contributed by atoms with Crippen LogP contribution in [0.15, 0.2) is 42.5 Å². The molecule has 2 aromatic rings. The van der Waals surface area contributed by atoms with E-state index in [2.05, 4.69) is 20.9 Å². The third-order valence-corrected chi connectivity index (χ3v) is 5.48. The predicted octanol–water partition coefficient (Wildman–Crippen LogP) is 5.11. The Kier molecular flexibility index (Phi) is 8.75. The van der Waals surface area contributed by atoms with Gasteiger partial charge in [-0.3, -0.25) is 4.79 Å². The Morgan fingerprint density at radius 3 is 2.26 bits per heavy atom. The molecule has 3 N–H and O–H groups in total. The number of piperidine rings is 1. The molecule has 3 amide bonds. The minimum atomic E-state index is -4.45. The highest BCUT2D eigenvalue weighted by Gasteiger charge is 2.30. The van der Waals surface area contributed by atoms with Gasteiger partial charge in [-0.15, -0.1) is 0 Å². The number of hydrogen-bond acceptors (Lipinski definition) is 4. The fourth-order valence-corrected chi connectivity index (χ4v) is 3.76. The number of halogens is 3. The molecule has 1 aliphatic rings. The minimum absolute atomic E-state index is 0.214. The Balaban J connectivity index is 1.71. The predicted molar refractivity (Wildman–Crippen MR) is 125 cm³/mol. The first-order valence-electron chi connectivity index (χ1n) is 11.2. The lowest BCUT2D eigenvalue weighted by atomic mass is 10.1. The molecule has 0 unspecified atom stereocenters. The number of urea groups is 1. The summed E-state index contributed by atoms with van der Waals surface area (Å²) in [7, 11) is 1.60. The Morgan fingerprint density at radius 1 is 0.971 bits per heavy atom. The van der Waals surface area contributed by atoms with E-state index in [0.717, 1.165) is 50.2 Å². The number of hydrogen-bond donors (Lipinski definition) is 3. The van der Waals surface area contributed by atoms with E-state index in [1.807, 2.05) is 6.07 Å². The Hall–Kier alpha value is -3.27. The van der Waals surface area contributed by atoms with Crippen molar-refractivity contribution in [2.45, 2.75) is 31.9 Å². The molecule has 10 heteroatoms. The largest absolute Gasteiger partial charge is 0.416 e. The molecule has 1 fully saturated rings. The lowest BCUT2D eigenvalue weighted by molar-refractivity contribution is -0.137. The first kappa shape index (κ1) is 25.4. The molecule has 0 aromatic heterocycles. The summed E-state index contributed by atoms with van der Waals surface area (Å²) in [5, 5.41) is 8.03. The van der Waals surface area contributed by atoms with Crippen LogP contribution in [0.2, 0.25) is 0 Å². The summed E-state index contributed by atoms with van der Waals surface area (Å²) < 4.78 is 43.2. The van der Waals surface area contributed by atoms with E-state index in [-0.39, 0.29) is 11.6 Å². The smallest absolute Gasteiger partial charge is 0.385 e. The van der Waals surface area contributed by atoms with Gasteiger partial charge in [0.15, 0.2) is 0 Å². The molecule has 7 nitrogen and oxygen atoms in total. The van der Waals surface area contributed by atoms with E-state index in [9.17, 15) is 22.8 Å². The molecule has 0 aliphatic carbocycles. The van der Waals surface area contributed by atoms with E-state index in [1.54, 1.807) is 19.2 Å². The van der Waals surface area contributed by atoms with Crippen LogP contribution in [0.3, 0.4) is 0 Å². The van der Waals surface area contributed by atoms with Crippen LogP contribution < -0.4 is 20.9 Å². The summed E-state index contributed by atoms with van der Waals surface area (Å²) in [6.07, 6.45) is -0.528. The molecule has 1 saturated heterocycles. The molecule has 184 valence electrons. The number of nitrogens with zero attached hydrogens (tertiary/aromatic N) is 1. The second-order valence-corrected chi connectivity index (χ2v) is 8.04. The first-order chi connectivity index (χ1) is 16.3. The fourth-order valence-electron chi connectivity index (χ4n) is 3.76. The second kappa shape index (κ2) is 11.7. The maximum atomic E-state index is 12.9. The van der Waals surface area contributed by atoms with Crippen LogP contribution in [0, 0.1) is 0 Å². The summed E-state index contributed by atoms with van der Waals surface area (Å²) >= 11 is 0. The van der Waals surface area contributed by atoms with Crippen LogP contribution in [0.1, 0.15) is 41.6 Å². The van der Waals surface area contributed by atoms with Gasteiger partial charge >= 0.3 is 12.2 Å². The van der Waals surface area contributed by atoms with Gasteiger partial charge in [0.25, 0.3) is 5.91 Å². The molecule has 2 aromatic carbocycles. The van der Waals surface area contributed by atoms with Gasteiger partial charge in [0, 0.05) is 50.4 Å². The molecule has 0 radical (unpaired) electrons. The van der Waals surface area contributed by atoms with Crippen molar-refractivity contribution in [2.75, 3.05) is 48.9 Å². The number of carbonyl (C=O) groups excluding carboxylic acids is 2. The Morgan fingerprint density at radius 2 is 1.62 bits per heavy atom. The van der Waals surface area contributed by atoms with Gasteiger partial charge in [0.05, 0.1) is 11.1 Å². The normalized spacial score (nSPS) is 13.9. The molecule has 0 saturated carbocycles. The third kappa shape index (κ3) is 7.11. The molecule has 3 rings (SSSR count). The number of benzene rings is 2. The average Bonchev–Trinajstić information content (AvgIpc) is 2.82. The molecule has 1 heterocycles. The number of anilines is 3. The first-order valence-corrected chi connectivity index (χ1v) is 11.2. The molecule has 1 aliphatic heterocycles. The lowest BCUT2D eigenvalue weighted by Gasteiger charge is -2.30. The summed E-state index contributed by atoms with van der Waals surface area (Å²) in [4.78, 5) is 27.5. The Bertz CT molecular complexity index is 974. The van der Waals surface area contributed by atoms with Gasteiger partial charge < -0.3 is 25.6 Å². The van der Waals surface area contributed by atoms with Gasteiger partial charge in [-0.05, 0) is 68.1 Å². The number of ether oxygens (including phenoxy) is 1. The van der Waals surface area contributed by atoms with Crippen LogP contribution >= 0.6 is 0 Å². The SMILES string of the molecule is COCCCNC(=O)c1cc(NC(=O)Nc2ccc(C(F)(F)F)cc2)ccc1N1CCCCC1. The van der Waals surface area contributed by atoms with E-state index >= 15 is 0 Å². The zero-order chi connectivity index (χ0) is 24.6. The van der Waals surface area contributed by atoms with Gasteiger partial charge in [-0.2, -0.15) is 13.2 Å². The summed E-state index contributed by atoms with van der Waals surface area (Å²) in [6.45, 7) is 2.69. The van der Waals surface area contributed by atoms with Crippen molar-refractivity contribution in [1.82, 2.24) is 5.32 Å². The summed E-state index contributed by atoms with van der Waals surface area (Å²) in [6, 6.07) is 8.66. The highest BCUT2D eigenvalue weighted by atomic mass is 19.4. The molecular weight excluding hydrogens is 449 g/mol. The number of carbonyl (C=O) groups is 2. The van der Waals surface area contributed by atoms with E-state index in [0.29, 0.717) is 30.8 Å². The van der Waals surface area contributed by atoms with Crippen molar-refractivity contribution in [3.63, 3.8) is 0 Å². The monoisotopic (exact) mass is 478 g/mol. The van der Waals surface area contributed by atoms with Crippen LogP contribution in [-0.4, -0.2) is 45.3 Å². The second-order valence-electron chi connectivity index (χ2n) is 8.04. The van der Waals surface area contributed by atoms with Crippen LogP contribution in [0.5, 0.6) is 0 Å². The standard InChI is InChI=1S/C24H29F3N4O3/c1-34-15-5-12-28-22(32)20-16-19(10-11-21(20)31-13-3-2-4-14-31)30-23(33)29-18-8-6-17(7-9-18)24(25,26)27/h6-11,16H,2-5,12-15H2,1H3,(H,28,32)(H2,29,30,33). The van der Waals surface area contributed by atoms with Gasteiger partial charge in [0.1, 0.15) is 0 Å². The van der Waals surface area contributed by atoms with Crippen molar-refractivity contribution in [3.05, 3.63) is 53.6 Å². The molecule has 0 bridgehead atoms. The topological polar surface area (TPSA) is 82.7 Å². The maximum Gasteiger partial charge on any atom is 0.416 e. The van der Waals surface area contributed by atoms with E-state index < -0.39 is 17.8 Å². The van der Waals surface area contributed by atoms with Crippen molar-refractivity contribution in [2.24, 2.45) is 0 Å². The zero-order valence-corrected chi connectivity index (χ0v) is 19.0. The minimum Gasteiger partial charge on any atom is -0.385 e. The van der Waals surface area contributed by atoms with Crippen molar-refractivity contribution in [1.29, 1.82) is 0 Å². The Labute approximate surface area is 196 Å².